The second-order valence-corrected chi connectivity index (χ2v) is 7.06. The molecule has 0 radical (unpaired) electrons. The maximum absolute atomic E-state index is 12.4. The van der Waals surface area contributed by atoms with E-state index in [2.05, 4.69) is 31.8 Å². The van der Waals surface area contributed by atoms with Crippen molar-refractivity contribution >= 4 is 17.1 Å². The van der Waals surface area contributed by atoms with E-state index >= 15 is 0 Å². The van der Waals surface area contributed by atoms with Gasteiger partial charge in [0.2, 0.25) is 0 Å². The smallest absolute Gasteiger partial charge is 0.252 e. The molecule has 4 rings (SSSR count). The zero-order valence-electron chi connectivity index (χ0n) is 15.0. The number of nitrogens with one attached hydrogen (secondary N) is 1. The third-order valence-electron chi connectivity index (χ3n) is 5.27. The maximum Gasteiger partial charge on any atom is 0.252 e. The van der Waals surface area contributed by atoms with E-state index in [0.29, 0.717) is 24.2 Å². The lowest BCUT2D eigenvalue weighted by molar-refractivity contribution is 0.0951. The predicted molar refractivity (Wildman–Crippen MR) is 98.9 cm³/mol. The van der Waals surface area contributed by atoms with E-state index in [1.165, 1.54) is 25.7 Å². The highest BCUT2D eigenvalue weighted by Crippen LogP contribution is 2.31. The van der Waals surface area contributed by atoms with Crippen molar-refractivity contribution < 1.29 is 4.79 Å². The van der Waals surface area contributed by atoms with Crippen LogP contribution < -0.4 is 5.32 Å². The van der Waals surface area contributed by atoms with Gasteiger partial charge in [-0.1, -0.05) is 12.8 Å². The van der Waals surface area contributed by atoms with Crippen LogP contribution in [0.3, 0.4) is 0 Å². The molecular formula is C19H24N6O. The average molecular weight is 352 g/mol. The molecule has 1 aliphatic rings. The second-order valence-electron chi connectivity index (χ2n) is 7.06. The summed E-state index contributed by atoms with van der Waals surface area (Å²) < 4.78 is 4.20. The Labute approximate surface area is 152 Å². The highest BCUT2D eigenvalue weighted by molar-refractivity contribution is 5.96. The highest BCUT2D eigenvalue weighted by atomic mass is 16.1. The summed E-state index contributed by atoms with van der Waals surface area (Å²) in [4.78, 5) is 25.4. The van der Waals surface area contributed by atoms with Crippen LogP contribution in [0.15, 0.2) is 37.3 Å². The summed E-state index contributed by atoms with van der Waals surface area (Å²) in [7, 11) is 0. The Balaban J connectivity index is 1.39. The van der Waals surface area contributed by atoms with Crippen LogP contribution in [0.4, 0.5) is 0 Å². The minimum atomic E-state index is -0.104. The Hall–Kier alpha value is -2.70. The van der Waals surface area contributed by atoms with Crippen LogP contribution >= 0.6 is 0 Å². The first-order valence-electron chi connectivity index (χ1n) is 9.30. The molecule has 1 aliphatic carbocycles. The van der Waals surface area contributed by atoms with Crippen LogP contribution in [0, 0.1) is 0 Å². The first-order chi connectivity index (χ1) is 12.7. The van der Waals surface area contributed by atoms with Crippen molar-refractivity contribution in [2.45, 2.75) is 51.1 Å². The Morgan fingerprint density at radius 2 is 2.15 bits per heavy atom. The standard InChI is InChI=1S/C19H24N6O/c1-14(24-9-8-20-12-24)6-7-21-19(26)15-10-17-18(22-11-15)25(13-23-17)16-4-2-3-5-16/h8-14,16H,2-7H2,1H3,(H,21,26). The lowest BCUT2D eigenvalue weighted by Gasteiger charge is -2.13. The molecule has 0 spiro atoms. The van der Waals surface area contributed by atoms with Crippen molar-refractivity contribution in [2.75, 3.05) is 6.54 Å². The fraction of sp³-hybridized carbons (Fsp3) is 0.474. The van der Waals surface area contributed by atoms with Gasteiger partial charge in [-0.3, -0.25) is 4.79 Å². The molecule has 1 fully saturated rings. The van der Waals surface area contributed by atoms with E-state index in [9.17, 15) is 4.79 Å². The van der Waals surface area contributed by atoms with Gasteiger partial charge in [-0.25, -0.2) is 15.0 Å². The van der Waals surface area contributed by atoms with Crippen molar-refractivity contribution in [1.29, 1.82) is 0 Å². The van der Waals surface area contributed by atoms with E-state index in [1.54, 1.807) is 18.7 Å². The molecule has 7 heteroatoms. The van der Waals surface area contributed by atoms with Crippen LogP contribution in [-0.2, 0) is 0 Å². The zero-order chi connectivity index (χ0) is 17.9. The minimum Gasteiger partial charge on any atom is -0.352 e. The summed E-state index contributed by atoms with van der Waals surface area (Å²) in [5.74, 6) is -0.104. The first kappa shape index (κ1) is 16.8. The molecule has 3 aromatic rings. The summed E-state index contributed by atoms with van der Waals surface area (Å²) in [5.41, 5.74) is 2.22. The molecule has 7 nitrogen and oxygen atoms in total. The Kier molecular flexibility index (Phi) is 4.69. The zero-order valence-corrected chi connectivity index (χ0v) is 15.0. The molecule has 3 aromatic heterocycles. The summed E-state index contributed by atoms with van der Waals surface area (Å²) in [6, 6.07) is 2.62. The molecule has 1 unspecified atom stereocenters. The molecule has 26 heavy (non-hydrogen) atoms. The largest absolute Gasteiger partial charge is 0.352 e. The quantitative estimate of drug-likeness (QED) is 0.739. The number of imidazole rings is 2. The van der Waals surface area contributed by atoms with Crippen LogP contribution in [0.1, 0.15) is 61.5 Å². The molecule has 0 aromatic carbocycles. The third kappa shape index (κ3) is 3.34. The van der Waals surface area contributed by atoms with E-state index in [0.717, 1.165) is 17.6 Å². The number of hydrogen-bond donors (Lipinski definition) is 1. The van der Waals surface area contributed by atoms with Gasteiger partial charge in [0, 0.05) is 37.2 Å². The average Bonchev–Trinajstić information content (AvgIpc) is 3.41. The van der Waals surface area contributed by atoms with Gasteiger partial charge in [-0.05, 0) is 32.3 Å². The lowest BCUT2D eigenvalue weighted by atomic mass is 10.2. The summed E-state index contributed by atoms with van der Waals surface area (Å²) in [5, 5.41) is 2.97. The third-order valence-corrected chi connectivity index (χ3v) is 5.27. The number of hydrogen-bond acceptors (Lipinski definition) is 4. The van der Waals surface area contributed by atoms with E-state index in [1.807, 2.05) is 23.2 Å². The van der Waals surface area contributed by atoms with Crippen LogP contribution in [0.2, 0.25) is 0 Å². The number of nitrogens with zero attached hydrogens (tertiary/aromatic N) is 5. The molecule has 3 heterocycles. The molecular weight excluding hydrogens is 328 g/mol. The van der Waals surface area contributed by atoms with E-state index in [4.69, 9.17) is 0 Å². The summed E-state index contributed by atoms with van der Waals surface area (Å²) in [6.45, 7) is 2.71. The number of carbonyl (C=O) groups is 1. The molecule has 1 saturated carbocycles. The normalized spacial score (nSPS) is 16.2. The van der Waals surface area contributed by atoms with Gasteiger partial charge in [0.15, 0.2) is 5.65 Å². The van der Waals surface area contributed by atoms with E-state index < -0.39 is 0 Å². The number of amides is 1. The van der Waals surface area contributed by atoms with Crippen LogP contribution in [0.5, 0.6) is 0 Å². The highest BCUT2D eigenvalue weighted by Gasteiger charge is 2.20. The fourth-order valence-electron chi connectivity index (χ4n) is 3.67. The summed E-state index contributed by atoms with van der Waals surface area (Å²) in [6.07, 6.45) is 14.8. The van der Waals surface area contributed by atoms with E-state index in [-0.39, 0.29) is 5.91 Å². The summed E-state index contributed by atoms with van der Waals surface area (Å²) >= 11 is 0. The Morgan fingerprint density at radius 3 is 2.92 bits per heavy atom. The van der Waals surface area contributed by atoms with Gasteiger partial charge >= 0.3 is 0 Å². The SMILES string of the molecule is CC(CCNC(=O)c1cnc2c(c1)ncn2C1CCCC1)n1ccnc1. The maximum atomic E-state index is 12.4. The molecule has 1 atom stereocenters. The monoisotopic (exact) mass is 352 g/mol. The van der Waals surface area contributed by atoms with Crippen molar-refractivity contribution in [1.82, 2.24) is 29.4 Å². The fourth-order valence-corrected chi connectivity index (χ4v) is 3.67. The van der Waals surface area contributed by atoms with Crippen LogP contribution in [0.25, 0.3) is 11.2 Å². The van der Waals surface area contributed by atoms with Crippen LogP contribution in [-0.4, -0.2) is 36.5 Å². The molecule has 1 amide bonds. The molecule has 1 N–H and O–H groups in total. The topological polar surface area (TPSA) is 77.6 Å². The second kappa shape index (κ2) is 7.27. The van der Waals surface area contributed by atoms with Gasteiger partial charge in [-0.15, -0.1) is 0 Å². The number of pyridine rings is 1. The van der Waals surface area contributed by atoms with Crippen molar-refractivity contribution in [3.8, 4) is 0 Å². The Morgan fingerprint density at radius 1 is 1.31 bits per heavy atom. The minimum absolute atomic E-state index is 0.104. The molecule has 136 valence electrons. The number of carbonyl (C=O) groups excluding carboxylic acids is 1. The predicted octanol–water partition coefficient (Wildman–Crippen LogP) is 3.12. The molecule has 0 bridgehead atoms. The van der Waals surface area contributed by atoms with Gasteiger partial charge in [0.05, 0.1) is 18.2 Å². The number of rotatable bonds is 6. The van der Waals surface area contributed by atoms with Gasteiger partial charge in [0.25, 0.3) is 5.91 Å². The van der Waals surface area contributed by atoms with Crippen molar-refractivity contribution in [3.63, 3.8) is 0 Å². The van der Waals surface area contributed by atoms with Gasteiger partial charge in [0.1, 0.15) is 5.52 Å². The number of aromatic nitrogens is 5. The molecule has 0 saturated heterocycles. The Bertz CT molecular complexity index is 879. The molecule has 0 aliphatic heterocycles. The van der Waals surface area contributed by atoms with Crippen molar-refractivity contribution in [3.05, 3.63) is 42.9 Å². The lowest BCUT2D eigenvalue weighted by Crippen LogP contribution is -2.26. The van der Waals surface area contributed by atoms with Gasteiger partial charge in [-0.2, -0.15) is 0 Å². The number of fused-ring (bicyclic) bond motifs is 1. The van der Waals surface area contributed by atoms with Crippen molar-refractivity contribution in [2.24, 2.45) is 0 Å². The first-order valence-corrected chi connectivity index (χ1v) is 9.30. The van der Waals surface area contributed by atoms with Gasteiger partial charge < -0.3 is 14.5 Å².